The molecule has 0 spiro atoms. The monoisotopic (exact) mass is 414 g/mol. The van der Waals surface area contributed by atoms with Gasteiger partial charge in [-0.05, 0) is 55.7 Å². The molecule has 2 aliphatic heterocycles. The largest absolute Gasteiger partial charge is 0.416 e. The van der Waals surface area contributed by atoms with Crippen molar-refractivity contribution in [2.45, 2.75) is 82.0 Å². The molecule has 0 amide bonds. The quantitative estimate of drug-likeness (QED) is 0.381. The van der Waals surface area contributed by atoms with E-state index in [1.54, 1.807) is 12.1 Å². The number of halogens is 3. The lowest BCUT2D eigenvalue weighted by atomic mass is 9.93. The molecule has 2 aliphatic rings. The summed E-state index contributed by atoms with van der Waals surface area (Å²) in [5.74, 6) is 1.00. The van der Waals surface area contributed by atoms with E-state index in [9.17, 15) is 13.2 Å². The van der Waals surface area contributed by atoms with E-state index in [2.05, 4.69) is 6.92 Å². The predicted molar refractivity (Wildman–Crippen MR) is 108 cm³/mol. The maximum atomic E-state index is 12.7. The number of hydrogen-bond acceptors (Lipinski definition) is 2. The first-order valence-electron chi connectivity index (χ1n) is 10.9. The van der Waals surface area contributed by atoms with Crippen LogP contribution in [0.15, 0.2) is 24.3 Å². The van der Waals surface area contributed by atoms with Gasteiger partial charge in [-0.2, -0.15) is 13.2 Å². The lowest BCUT2D eigenvalue weighted by Crippen LogP contribution is -2.31. The molecular formula is C22H33F3O2Si. The second-order valence-electron chi connectivity index (χ2n) is 8.49. The Bertz CT molecular complexity index is 574. The first kappa shape index (κ1) is 21.8. The van der Waals surface area contributed by atoms with Crippen LogP contribution in [0.4, 0.5) is 13.2 Å². The molecule has 158 valence electrons. The first-order valence-corrected chi connectivity index (χ1v) is 13.3. The number of benzene rings is 1. The van der Waals surface area contributed by atoms with Crippen molar-refractivity contribution >= 4 is 8.80 Å². The van der Waals surface area contributed by atoms with Crippen molar-refractivity contribution in [2.75, 3.05) is 13.2 Å². The van der Waals surface area contributed by atoms with Crippen molar-refractivity contribution in [1.82, 2.24) is 0 Å². The van der Waals surface area contributed by atoms with Gasteiger partial charge in [-0.15, -0.1) is 0 Å². The van der Waals surface area contributed by atoms with Gasteiger partial charge in [0, 0.05) is 14.7 Å². The Morgan fingerprint density at radius 3 is 2.21 bits per heavy atom. The molecule has 6 heteroatoms. The average Bonchev–Trinajstić information content (AvgIpc) is 2.71. The molecule has 1 aromatic rings. The molecule has 28 heavy (non-hydrogen) atoms. The molecule has 0 aliphatic carbocycles. The second kappa shape index (κ2) is 10.3. The molecule has 0 saturated carbocycles. The van der Waals surface area contributed by atoms with Crippen LogP contribution in [0.5, 0.6) is 0 Å². The molecule has 0 aromatic heterocycles. The average molecular weight is 415 g/mol. The third-order valence-electron chi connectivity index (χ3n) is 6.47. The van der Waals surface area contributed by atoms with Crippen LogP contribution in [0.3, 0.4) is 0 Å². The summed E-state index contributed by atoms with van der Waals surface area (Å²) in [5.41, 5.74) is 0.535. The number of alkyl halides is 3. The van der Waals surface area contributed by atoms with Gasteiger partial charge in [0.2, 0.25) is 0 Å². The van der Waals surface area contributed by atoms with Crippen LogP contribution in [-0.4, -0.2) is 28.3 Å². The lowest BCUT2D eigenvalue weighted by molar-refractivity contribution is -0.203. The molecule has 2 heterocycles. The van der Waals surface area contributed by atoms with Gasteiger partial charge in [-0.25, -0.2) is 0 Å². The van der Waals surface area contributed by atoms with E-state index in [4.69, 9.17) is 9.47 Å². The molecule has 2 saturated heterocycles. The van der Waals surface area contributed by atoms with Crippen LogP contribution >= 0.6 is 0 Å². The molecule has 0 unspecified atom stereocenters. The minimum Gasteiger partial charge on any atom is -0.352 e. The minimum absolute atomic E-state index is 0.000118. The smallest absolute Gasteiger partial charge is 0.352 e. The van der Waals surface area contributed by atoms with Crippen molar-refractivity contribution in [3.8, 4) is 0 Å². The molecule has 0 radical (unpaired) electrons. The summed E-state index contributed by atoms with van der Waals surface area (Å²) >= 11 is 0. The van der Waals surface area contributed by atoms with E-state index in [1.165, 1.54) is 43.1 Å². The maximum absolute atomic E-state index is 12.7. The number of hydrogen-bond donors (Lipinski definition) is 0. The van der Waals surface area contributed by atoms with E-state index in [-0.39, 0.29) is 6.29 Å². The number of unbranched alkanes of at least 4 members (excludes halogenated alkanes) is 1. The van der Waals surface area contributed by atoms with Gasteiger partial charge in [0.05, 0.1) is 18.8 Å². The van der Waals surface area contributed by atoms with Crippen LogP contribution in [0, 0.1) is 5.92 Å². The molecule has 2 nitrogen and oxygen atoms in total. The summed E-state index contributed by atoms with van der Waals surface area (Å²) < 4.78 is 49.7. The number of rotatable bonds is 7. The highest BCUT2D eigenvalue weighted by Crippen LogP contribution is 2.37. The third-order valence-corrected chi connectivity index (χ3v) is 10.00. The molecule has 0 N–H and O–H groups in total. The van der Waals surface area contributed by atoms with Crippen LogP contribution in [-0.2, 0) is 15.7 Å². The van der Waals surface area contributed by atoms with E-state index in [0.717, 1.165) is 44.5 Å². The van der Waals surface area contributed by atoms with Gasteiger partial charge in [0.1, 0.15) is 0 Å². The van der Waals surface area contributed by atoms with Crippen molar-refractivity contribution in [3.63, 3.8) is 0 Å². The van der Waals surface area contributed by atoms with Gasteiger partial charge < -0.3 is 9.47 Å². The van der Waals surface area contributed by atoms with Crippen molar-refractivity contribution in [3.05, 3.63) is 35.4 Å². The highest BCUT2D eigenvalue weighted by Gasteiger charge is 2.31. The fourth-order valence-electron chi connectivity index (χ4n) is 4.46. The van der Waals surface area contributed by atoms with Crippen molar-refractivity contribution in [1.29, 1.82) is 0 Å². The van der Waals surface area contributed by atoms with Gasteiger partial charge in [-0.1, -0.05) is 43.6 Å². The Kier molecular flexibility index (Phi) is 8.00. The summed E-state index contributed by atoms with van der Waals surface area (Å²) in [6.45, 7) is 3.85. The Hall–Kier alpha value is -0.853. The van der Waals surface area contributed by atoms with Crippen LogP contribution in [0.1, 0.15) is 62.5 Å². The molecule has 3 rings (SSSR count). The van der Waals surface area contributed by atoms with Gasteiger partial charge in [-0.3, -0.25) is 0 Å². The van der Waals surface area contributed by atoms with Crippen molar-refractivity contribution in [2.24, 2.45) is 5.92 Å². The van der Waals surface area contributed by atoms with E-state index in [0.29, 0.717) is 11.8 Å². The minimum atomic E-state index is -4.24. The zero-order valence-corrected chi connectivity index (χ0v) is 18.0. The highest BCUT2D eigenvalue weighted by molar-refractivity contribution is 6.59. The summed E-state index contributed by atoms with van der Waals surface area (Å²) in [6.07, 6.45) is 2.62. The third kappa shape index (κ3) is 6.33. The van der Waals surface area contributed by atoms with E-state index in [1.807, 2.05) is 0 Å². The Morgan fingerprint density at radius 2 is 1.64 bits per heavy atom. The SMILES string of the molecule is CCC1COC(CCCC[SiH]2CCC(c3ccc(C(F)(F)F)cc3)CC2)OC1. The van der Waals surface area contributed by atoms with Gasteiger partial charge in [0.15, 0.2) is 6.29 Å². The zero-order chi connectivity index (χ0) is 20.0. The van der Waals surface area contributed by atoms with Gasteiger partial charge in [0.25, 0.3) is 0 Å². The topological polar surface area (TPSA) is 18.5 Å². The Morgan fingerprint density at radius 1 is 1.00 bits per heavy atom. The molecule has 0 bridgehead atoms. The fourth-order valence-corrected chi connectivity index (χ4v) is 7.94. The normalized spacial score (nSPS) is 29.0. The predicted octanol–water partition coefficient (Wildman–Crippen LogP) is 6.38. The molecular weight excluding hydrogens is 381 g/mol. The maximum Gasteiger partial charge on any atom is 0.416 e. The zero-order valence-electron chi connectivity index (χ0n) is 16.8. The molecule has 1 aromatic carbocycles. The standard InChI is InChI=1S/C22H33F3O2Si/c1-2-17-15-26-21(27-16-17)5-3-4-12-28-13-10-19(11-14-28)18-6-8-20(9-7-18)22(23,24)25/h6-9,17,19,21,28H,2-5,10-16H2,1H3. The summed E-state index contributed by atoms with van der Waals surface area (Å²) in [4.78, 5) is 0. The Balaban J connectivity index is 1.31. The van der Waals surface area contributed by atoms with E-state index < -0.39 is 20.5 Å². The lowest BCUT2D eigenvalue weighted by Gasteiger charge is -2.29. The van der Waals surface area contributed by atoms with Crippen LogP contribution in [0.2, 0.25) is 18.1 Å². The first-order chi connectivity index (χ1) is 13.5. The van der Waals surface area contributed by atoms with Crippen LogP contribution in [0.25, 0.3) is 0 Å². The van der Waals surface area contributed by atoms with Gasteiger partial charge >= 0.3 is 6.18 Å². The number of ether oxygens (including phenoxy) is 2. The van der Waals surface area contributed by atoms with Crippen molar-refractivity contribution < 1.29 is 22.6 Å². The second-order valence-corrected chi connectivity index (χ2v) is 12.0. The van der Waals surface area contributed by atoms with E-state index >= 15 is 0 Å². The summed E-state index contributed by atoms with van der Waals surface area (Å²) in [5, 5.41) is 0. The fraction of sp³-hybridized carbons (Fsp3) is 0.727. The molecule has 2 fully saturated rings. The highest BCUT2D eigenvalue weighted by atomic mass is 28.3. The van der Waals surface area contributed by atoms with Crippen LogP contribution < -0.4 is 0 Å². The summed E-state index contributed by atoms with van der Waals surface area (Å²) in [7, 11) is -0.676. The molecule has 0 atom stereocenters. The Labute approximate surface area is 168 Å². The summed E-state index contributed by atoms with van der Waals surface area (Å²) in [6, 6.07) is 9.85.